The van der Waals surface area contributed by atoms with Gasteiger partial charge in [0.1, 0.15) is 11.4 Å². The van der Waals surface area contributed by atoms with E-state index in [1.807, 2.05) is 20.8 Å². The molecule has 0 aromatic heterocycles. The summed E-state index contributed by atoms with van der Waals surface area (Å²) in [6.45, 7) is 6.97. The van der Waals surface area contributed by atoms with E-state index in [1.165, 1.54) is 0 Å². The third-order valence-corrected chi connectivity index (χ3v) is 5.27. The van der Waals surface area contributed by atoms with Crippen molar-refractivity contribution in [1.29, 1.82) is 0 Å². The number of amides is 1. The smallest absolute Gasteiger partial charge is 0.410 e. The van der Waals surface area contributed by atoms with Crippen molar-refractivity contribution in [1.82, 2.24) is 4.90 Å². The monoisotopic (exact) mass is 279 g/mol. The van der Waals surface area contributed by atoms with Crippen LogP contribution in [0.5, 0.6) is 0 Å². The van der Waals surface area contributed by atoms with Gasteiger partial charge in [0, 0.05) is 23.9 Å². The number of nitrogens with zero attached hydrogens (tertiary/aromatic N) is 1. The van der Waals surface area contributed by atoms with E-state index in [-0.39, 0.29) is 16.9 Å². The number of rotatable bonds is 0. The van der Waals surface area contributed by atoms with E-state index in [9.17, 15) is 9.59 Å². The van der Waals surface area contributed by atoms with Crippen LogP contribution in [0.15, 0.2) is 0 Å². The van der Waals surface area contributed by atoms with Gasteiger partial charge in [0.2, 0.25) is 0 Å². The van der Waals surface area contributed by atoms with Crippen molar-refractivity contribution < 1.29 is 14.3 Å². The van der Waals surface area contributed by atoms with Crippen LogP contribution in [0.4, 0.5) is 4.79 Å². The highest BCUT2D eigenvalue weighted by Gasteiger charge is 2.62. The first-order valence-electron chi connectivity index (χ1n) is 7.79. The molecule has 0 atom stereocenters. The number of Topliss-reactive ketones (excluding diaryl/α,β-unsaturated/α-hetero) is 1. The second-order valence-electron chi connectivity index (χ2n) is 7.86. The molecule has 0 unspecified atom stereocenters. The molecule has 3 rings (SSSR count). The Morgan fingerprint density at radius 1 is 1.00 bits per heavy atom. The zero-order valence-corrected chi connectivity index (χ0v) is 12.8. The highest BCUT2D eigenvalue weighted by Crippen LogP contribution is 2.63. The quantitative estimate of drug-likeness (QED) is 0.684. The molecule has 1 heterocycles. The first kappa shape index (κ1) is 13.9. The van der Waals surface area contributed by atoms with Crippen LogP contribution in [-0.4, -0.2) is 35.5 Å². The fraction of sp³-hybridized carbons (Fsp3) is 0.875. The molecule has 0 bridgehead atoms. The van der Waals surface area contributed by atoms with Crippen molar-refractivity contribution >= 4 is 11.9 Å². The second-order valence-corrected chi connectivity index (χ2v) is 7.86. The van der Waals surface area contributed by atoms with Crippen LogP contribution in [-0.2, 0) is 9.53 Å². The SMILES string of the molecule is CC(C)(C)OC(=O)N1CCC2(CC1)CCC1(CC1)C2=O. The van der Waals surface area contributed by atoms with Gasteiger partial charge < -0.3 is 9.64 Å². The minimum absolute atomic E-state index is 0.0636. The van der Waals surface area contributed by atoms with Crippen LogP contribution in [0.1, 0.15) is 59.3 Å². The van der Waals surface area contributed by atoms with Crippen LogP contribution in [0.3, 0.4) is 0 Å². The molecular formula is C16H25NO3. The van der Waals surface area contributed by atoms with Crippen LogP contribution in [0, 0.1) is 10.8 Å². The summed E-state index contributed by atoms with van der Waals surface area (Å²) in [5, 5.41) is 0. The lowest BCUT2D eigenvalue weighted by atomic mass is 9.75. The van der Waals surface area contributed by atoms with Crippen molar-refractivity contribution in [3.05, 3.63) is 0 Å². The molecule has 0 aromatic rings. The predicted octanol–water partition coefficient (Wildman–Crippen LogP) is 3.15. The molecule has 4 heteroatoms. The molecule has 112 valence electrons. The van der Waals surface area contributed by atoms with E-state index in [4.69, 9.17) is 4.74 Å². The van der Waals surface area contributed by atoms with Gasteiger partial charge in [-0.3, -0.25) is 4.79 Å². The maximum atomic E-state index is 12.6. The number of carbonyl (C=O) groups is 2. The lowest BCUT2D eigenvalue weighted by Crippen LogP contribution is -2.47. The van der Waals surface area contributed by atoms with Crippen LogP contribution in [0.2, 0.25) is 0 Å². The molecule has 2 spiro atoms. The first-order valence-corrected chi connectivity index (χ1v) is 7.79. The zero-order valence-electron chi connectivity index (χ0n) is 12.8. The van der Waals surface area contributed by atoms with Crippen LogP contribution < -0.4 is 0 Å². The minimum atomic E-state index is -0.451. The van der Waals surface area contributed by atoms with Crippen LogP contribution in [0.25, 0.3) is 0 Å². The standard InChI is InChI=1S/C16H25NO3/c1-14(2,3)20-13(19)17-10-8-16(9-11-17)7-6-15(4-5-15)12(16)18/h4-11H2,1-3H3. The number of ketones is 1. The summed E-state index contributed by atoms with van der Waals surface area (Å²) in [6, 6.07) is 0. The third-order valence-electron chi connectivity index (χ3n) is 5.27. The third kappa shape index (κ3) is 2.23. The Balaban J connectivity index is 1.60. The Morgan fingerprint density at radius 3 is 1.85 bits per heavy atom. The molecule has 4 nitrogen and oxygen atoms in total. The van der Waals surface area contributed by atoms with E-state index in [2.05, 4.69) is 0 Å². The largest absolute Gasteiger partial charge is 0.444 e. The van der Waals surface area contributed by atoms with E-state index in [1.54, 1.807) is 4.90 Å². The Kier molecular flexibility index (Phi) is 2.93. The number of hydrogen-bond acceptors (Lipinski definition) is 3. The highest BCUT2D eigenvalue weighted by molar-refractivity contribution is 5.94. The normalized spacial score (nSPS) is 27.1. The summed E-state index contributed by atoms with van der Waals surface area (Å²) < 4.78 is 5.41. The molecule has 1 saturated heterocycles. The van der Waals surface area contributed by atoms with E-state index in [0.717, 1.165) is 38.5 Å². The zero-order chi connectivity index (χ0) is 14.6. The van der Waals surface area contributed by atoms with Gasteiger partial charge in [-0.25, -0.2) is 4.79 Å². The molecule has 0 N–H and O–H groups in total. The molecule has 1 amide bonds. The molecule has 3 fully saturated rings. The summed E-state index contributed by atoms with van der Waals surface area (Å²) in [6.07, 6.45) is 5.73. The highest BCUT2D eigenvalue weighted by atomic mass is 16.6. The molecule has 2 saturated carbocycles. The summed E-state index contributed by atoms with van der Waals surface area (Å²) >= 11 is 0. The van der Waals surface area contributed by atoms with Gasteiger partial charge in [-0.2, -0.15) is 0 Å². The van der Waals surface area contributed by atoms with Gasteiger partial charge in [-0.05, 0) is 59.3 Å². The summed E-state index contributed by atoms with van der Waals surface area (Å²) in [5.74, 6) is 0.508. The fourth-order valence-corrected chi connectivity index (χ4v) is 3.82. The van der Waals surface area contributed by atoms with Crippen LogP contribution >= 0.6 is 0 Å². The Bertz CT molecular complexity index is 437. The number of ether oxygens (including phenoxy) is 1. The average Bonchev–Trinajstić information content (AvgIpc) is 3.10. The van der Waals surface area contributed by atoms with E-state index >= 15 is 0 Å². The van der Waals surface area contributed by atoms with Gasteiger partial charge in [0.25, 0.3) is 0 Å². The van der Waals surface area contributed by atoms with Gasteiger partial charge in [0.15, 0.2) is 0 Å². The summed E-state index contributed by atoms with van der Waals surface area (Å²) in [4.78, 5) is 26.5. The molecular weight excluding hydrogens is 254 g/mol. The molecule has 1 aliphatic heterocycles. The second kappa shape index (κ2) is 4.22. The molecule has 0 aromatic carbocycles. The predicted molar refractivity (Wildman–Crippen MR) is 75.4 cm³/mol. The molecule has 3 aliphatic rings. The van der Waals surface area contributed by atoms with Crippen molar-refractivity contribution in [2.75, 3.05) is 13.1 Å². The number of piperidine rings is 1. The Hall–Kier alpha value is -1.06. The summed E-state index contributed by atoms with van der Waals surface area (Å²) in [7, 11) is 0. The number of likely N-dealkylation sites (tertiary alicyclic amines) is 1. The fourth-order valence-electron chi connectivity index (χ4n) is 3.82. The number of carbonyl (C=O) groups excluding carboxylic acids is 2. The van der Waals surface area contributed by atoms with Crippen molar-refractivity contribution in [2.24, 2.45) is 10.8 Å². The topological polar surface area (TPSA) is 46.6 Å². The van der Waals surface area contributed by atoms with E-state index in [0.29, 0.717) is 18.9 Å². The minimum Gasteiger partial charge on any atom is -0.444 e. The Morgan fingerprint density at radius 2 is 1.45 bits per heavy atom. The first-order chi connectivity index (χ1) is 9.27. The lowest BCUT2D eigenvalue weighted by Gasteiger charge is -2.38. The van der Waals surface area contributed by atoms with Crippen molar-refractivity contribution in [3.63, 3.8) is 0 Å². The lowest BCUT2D eigenvalue weighted by molar-refractivity contribution is -0.132. The van der Waals surface area contributed by atoms with Gasteiger partial charge >= 0.3 is 6.09 Å². The molecule has 2 aliphatic carbocycles. The van der Waals surface area contributed by atoms with E-state index < -0.39 is 5.60 Å². The van der Waals surface area contributed by atoms with Crippen molar-refractivity contribution in [3.8, 4) is 0 Å². The van der Waals surface area contributed by atoms with Crippen molar-refractivity contribution in [2.45, 2.75) is 64.9 Å². The number of hydrogen-bond donors (Lipinski definition) is 0. The summed E-state index contributed by atoms with van der Waals surface area (Å²) in [5.41, 5.74) is -0.503. The molecule has 0 radical (unpaired) electrons. The van der Waals surface area contributed by atoms with Gasteiger partial charge in [-0.15, -0.1) is 0 Å². The maximum absolute atomic E-state index is 12.6. The average molecular weight is 279 g/mol. The maximum Gasteiger partial charge on any atom is 0.410 e. The van der Waals surface area contributed by atoms with Gasteiger partial charge in [0.05, 0.1) is 0 Å². The molecule has 20 heavy (non-hydrogen) atoms. The van der Waals surface area contributed by atoms with Gasteiger partial charge in [-0.1, -0.05) is 0 Å². The Labute approximate surface area is 120 Å².